The molecular formula is C74H133N11O32P-. The fraction of sp³-hybridized carbons (Fsp3) is 0.851. The molecule has 3 fully saturated rings. The lowest BCUT2D eigenvalue weighted by Gasteiger charge is -2.42. The minimum atomic E-state index is -3.79. The molecule has 118 heavy (non-hydrogen) atoms. The van der Waals surface area contributed by atoms with Gasteiger partial charge in [0, 0.05) is 118 Å². The van der Waals surface area contributed by atoms with Gasteiger partial charge in [-0.1, -0.05) is 33.6 Å². The molecule has 3 saturated heterocycles. The average molecular weight is 1720 g/mol. The first-order valence-electron chi connectivity index (χ1n) is 40.5. The lowest BCUT2D eigenvalue weighted by atomic mass is 9.97. The summed E-state index contributed by atoms with van der Waals surface area (Å²) >= 11 is 0. The van der Waals surface area contributed by atoms with Gasteiger partial charge < -0.3 is 161 Å². The largest absolute Gasteiger partial charge is 0.797 e. The zero-order chi connectivity index (χ0) is 87.6. The van der Waals surface area contributed by atoms with Gasteiger partial charge in [0.1, 0.15) is 85.1 Å². The molecule has 0 aromatic heterocycles. The van der Waals surface area contributed by atoms with Gasteiger partial charge in [-0.15, -0.1) is 0 Å². The maximum atomic E-state index is 14.4. The van der Waals surface area contributed by atoms with Crippen LogP contribution in [0.4, 0.5) is 0 Å². The summed E-state index contributed by atoms with van der Waals surface area (Å²) in [5.41, 5.74) is 0. The van der Waals surface area contributed by atoms with Crippen LogP contribution >= 0.6 is 7.37 Å². The smallest absolute Gasteiger partial charge is 0.243 e. The fourth-order valence-corrected chi connectivity index (χ4v) is 12.9. The molecule has 682 valence electrons. The van der Waals surface area contributed by atoms with E-state index in [0.29, 0.717) is 44.9 Å². The summed E-state index contributed by atoms with van der Waals surface area (Å²) in [5, 5.41) is 119. The Bertz CT molecular complexity index is 3030. The van der Waals surface area contributed by atoms with Gasteiger partial charge in [0.25, 0.3) is 0 Å². The van der Waals surface area contributed by atoms with Gasteiger partial charge in [-0.3, -0.25) is 52.7 Å². The van der Waals surface area contributed by atoms with E-state index in [-0.39, 0.29) is 212 Å². The second kappa shape index (κ2) is 59.4. The van der Waals surface area contributed by atoms with Gasteiger partial charge in [-0.25, -0.2) is 0 Å². The van der Waals surface area contributed by atoms with E-state index in [0.717, 1.165) is 0 Å². The van der Waals surface area contributed by atoms with Gasteiger partial charge >= 0.3 is 0 Å². The summed E-state index contributed by atoms with van der Waals surface area (Å²) < 4.78 is 67.9. The maximum absolute atomic E-state index is 14.4. The SMILES string of the molecule is CC(=O)NC1C(OCCOCCNC(=O)CCCC(=O)NCCCC[C@H](NC(=O)CCCC(=O)NCCOCCOC2OC(CO)C(O)C(O)C2NC(C)=O)C(=O)N[C@@H](CCCCNC(=O)CCCC(=O)NCCOCCOC2OC(CO)C(O)C(O)C2NC(C)=O)C(=O)NCCCCCCOCP(=O)([O-])C(C)(C)C)OC(CO)C(O)C1O. The van der Waals surface area contributed by atoms with Crippen LogP contribution in [0.3, 0.4) is 0 Å². The summed E-state index contributed by atoms with van der Waals surface area (Å²) in [5.74, 6) is -5.16. The highest BCUT2D eigenvalue weighted by molar-refractivity contribution is 7.58. The van der Waals surface area contributed by atoms with Gasteiger partial charge in [0.05, 0.1) is 85.6 Å². The van der Waals surface area contributed by atoms with Crippen LogP contribution in [-0.2, 0) is 105 Å². The summed E-state index contributed by atoms with van der Waals surface area (Å²) in [7, 11) is -3.79. The molecule has 0 bridgehead atoms. The van der Waals surface area contributed by atoms with Gasteiger partial charge in [-0.05, 0) is 70.6 Å². The number of aliphatic hydroxyl groups excluding tert-OH is 9. The molecule has 3 aliphatic heterocycles. The lowest BCUT2D eigenvalue weighted by molar-refractivity contribution is -0.272. The van der Waals surface area contributed by atoms with E-state index in [1.54, 1.807) is 20.8 Å². The molecule has 0 aliphatic carbocycles. The Balaban J connectivity index is 1.56. The molecule has 18 atom stereocenters. The third-order valence-corrected chi connectivity index (χ3v) is 21.5. The maximum Gasteiger partial charge on any atom is 0.243 e. The highest BCUT2D eigenvalue weighted by atomic mass is 31.2. The average Bonchev–Trinajstić information content (AvgIpc) is 0.820. The first-order chi connectivity index (χ1) is 56.1. The molecule has 20 N–H and O–H groups in total. The Hall–Kier alpha value is -6.40. The number of nitrogens with one attached hydrogen (secondary N) is 11. The Morgan fingerprint density at radius 1 is 0.364 bits per heavy atom. The Morgan fingerprint density at radius 2 is 0.678 bits per heavy atom. The van der Waals surface area contributed by atoms with Gasteiger partial charge in [0.2, 0.25) is 65.0 Å². The van der Waals surface area contributed by atoms with Crippen LogP contribution in [0.5, 0.6) is 0 Å². The van der Waals surface area contributed by atoms with E-state index in [1.165, 1.54) is 20.8 Å². The third kappa shape index (κ3) is 42.9. The molecule has 3 heterocycles. The lowest BCUT2D eigenvalue weighted by Crippen LogP contribution is -2.64. The van der Waals surface area contributed by atoms with Crippen LogP contribution in [0.2, 0.25) is 0 Å². The van der Waals surface area contributed by atoms with E-state index in [2.05, 4.69) is 58.5 Å². The molecule has 0 radical (unpaired) electrons. The van der Waals surface area contributed by atoms with Gasteiger partial charge in [0.15, 0.2) is 18.9 Å². The molecule has 0 aromatic carbocycles. The predicted octanol–water partition coefficient (Wildman–Crippen LogP) is -6.59. The molecule has 0 aromatic rings. The van der Waals surface area contributed by atoms with Crippen molar-refractivity contribution >= 4 is 72.3 Å². The number of ether oxygens (including phenoxy) is 10. The molecule has 44 heteroatoms. The van der Waals surface area contributed by atoms with Crippen molar-refractivity contribution in [3.63, 3.8) is 0 Å². The number of rotatable bonds is 62. The molecule has 11 amide bonds. The van der Waals surface area contributed by atoms with Crippen molar-refractivity contribution in [3.8, 4) is 0 Å². The van der Waals surface area contributed by atoms with Crippen molar-refractivity contribution in [1.29, 1.82) is 0 Å². The molecule has 3 rings (SSSR count). The van der Waals surface area contributed by atoms with Crippen LogP contribution in [0.25, 0.3) is 0 Å². The minimum Gasteiger partial charge on any atom is -0.797 e. The number of carbonyl (C=O) groups is 11. The summed E-state index contributed by atoms with van der Waals surface area (Å²) in [6.45, 7) is 7.64. The summed E-state index contributed by atoms with van der Waals surface area (Å²) in [6, 6.07) is -5.73. The molecule has 0 spiro atoms. The normalized spacial score (nSPS) is 24.2. The highest BCUT2D eigenvalue weighted by Crippen LogP contribution is 2.49. The van der Waals surface area contributed by atoms with Crippen LogP contribution in [0.15, 0.2) is 0 Å². The fourth-order valence-electron chi connectivity index (χ4n) is 12.1. The topological polar surface area (TPSA) is 635 Å². The second-order valence-electron chi connectivity index (χ2n) is 29.8. The van der Waals surface area contributed by atoms with Crippen molar-refractivity contribution in [3.05, 3.63) is 0 Å². The number of hydrogen-bond acceptors (Lipinski definition) is 32. The quantitative estimate of drug-likeness (QED) is 0.0199. The third-order valence-electron chi connectivity index (χ3n) is 19.0. The molecule has 16 unspecified atom stereocenters. The molecule has 3 aliphatic rings. The number of carbonyl (C=O) groups excluding carboxylic acids is 11. The Kier molecular flexibility index (Phi) is 53.2. The van der Waals surface area contributed by atoms with Crippen molar-refractivity contribution < 1.29 is 156 Å². The van der Waals surface area contributed by atoms with Gasteiger partial charge in [-0.2, -0.15) is 0 Å². The highest BCUT2D eigenvalue weighted by Gasteiger charge is 2.48. The monoisotopic (exact) mass is 1720 g/mol. The summed E-state index contributed by atoms with van der Waals surface area (Å²) in [4.78, 5) is 153. The Morgan fingerprint density at radius 3 is 1.02 bits per heavy atom. The van der Waals surface area contributed by atoms with Crippen molar-refractivity contribution in [2.75, 3.05) is 132 Å². The first-order valence-corrected chi connectivity index (χ1v) is 42.3. The van der Waals surface area contributed by atoms with E-state index >= 15 is 0 Å². The van der Waals surface area contributed by atoms with Crippen LogP contribution < -0.4 is 63.4 Å². The van der Waals surface area contributed by atoms with Crippen molar-refractivity contribution in [2.45, 2.75) is 273 Å². The van der Waals surface area contributed by atoms with Crippen LogP contribution in [0, 0.1) is 0 Å². The zero-order valence-electron chi connectivity index (χ0n) is 68.8. The number of hydrogen-bond donors (Lipinski definition) is 20. The number of unbranched alkanes of at least 4 members (excludes halogenated alkanes) is 5. The molecule has 0 saturated carbocycles. The zero-order valence-corrected chi connectivity index (χ0v) is 69.6. The summed E-state index contributed by atoms with van der Waals surface area (Å²) in [6.07, 6.45) is -12.4. The second-order valence-corrected chi connectivity index (χ2v) is 32.8. The number of aliphatic hydroxyl groups is 9. The standard InChI is InChI=1S/C74H134N11O32P/c1-46(89)81-60-66(101)63(98)51(42-86)115-71(60)112-39-36-108-33-29-77-56(94)22-15-20-54(92)75-26-12-9-18-49(69(104)80-28-11-7-8-14-32-111-45-118(106,107)74(4,5)6)85-70(105)50(84-59(97)25-17-24-58(96)79-31-35-110-38-41-114-73-62(83-48(3)91)68(103)65(100)53(44-88)117-73)19-10-13-27-76-55(93)21-16-23-57(95)78-30-34-109-37-40-113-72-61(82-47(2)90)67(102)64(99)52(43-87)116-72/h49-53,60-68,71-73,86-88,98-103H,7-45H2,1-6H3,(H,75,92)(H,76,93)(H,77,94)(H,78,95)(H,79,96)(H,80,104)(H,81,89)(H,82,90)(H,83,91)(H,84,97)(H,85,105)(H,106,107)/p-1/t49-,50-,51?,52?,53?,60?,61?,62?,63?,64?,65?,66?,67?,68?,71?,72?,73?/m0/s1. The first kappa shape index (κ1) is 106. The van der Waals surface area contributed by atoms with Crippen LogP contribution in [-0.4, -0.2) is 352 Å². The van der Waals surface area contributed by atoms with E-state index < -0.39 is 178 Å². The van der Waals surface area contributed by atoms with Crippen molar-refractivity contribution in [2.24, 2.45) is 0 Å². The van der Waals surface area contributed by atoms with E-state index in [9.17, 15) is 108 Å². The van der Waals surface area contributed by atoms with Crippen LogP contribution in [0.1, 0.15) is 164 Å². The molecular weight excluding hydrogens is 1590 g/mol. The number of amides is 11. The van der Waals surface area contributed by atoms with E-state index in [1.807, 2.05) is 0 Å². The predicted molar refractivity (Wildman–Crippen MR) is 414 cm³/mol. The molecule has 43 nitrogen and oxygen atoms in total. The van der Waals surface area contributed by atoms with E-state index in [4.69, 9.17) is 47.4 Å². The minimum absolute atomic E-state index is 0.00174. The Labute approximate surface area is 688 Å². The van der Waals surface area contributed by atoms with Crippen molar-refractivity contribution in [1.82, 2.24) is 58.5 Å².